The lowest BCUT2D eigenvalue weighted by molar-refractivity contribution is 0.322. The normalized spacial score (nSPS) is 11.4. The maximum absolute atomic E-state index is 12.5. The summed E-state index contributed by atoms with van der Waals surface area (Å²) in [6.45, 7) is 6.11. The first-order valence-electron chi connectivity index (χ1n) is 8.24. The Kier molecular flexibility index (Phi) is 6.45. The minimum atomic E-state index is -3.59. The van der Waals surface area contributed by atoms with E-state index in [4.69, 9.17) is 9.47 Å². The molecular formula is C19H25NO4S. The van der Waals surface area contributed by atoms with Crippen LogP contribution in [0.3, 0.4) is 0 Å². The third kappa shape index (κ3) is 4.96. The van der Waals surface area contributed by atoms with Gasteiger partial charge in [0.1, 0.15) is 18.1 Å². The van der Waals surface area contributed by atoms with Gasteiger partial charge in [-0.15, -0.1) is 0 Å². The molecule has 0 heterocycles. The molecule has 0 radical (unpaired) electrons. The van der Waals surface area contributed by atoms with E-state index in [0.717, 1.165) is 17.7 Å². The molecule has 0 aliphatic carbocycles. The van der Waals surface area contributed by atoms with Gasteiger partial charge in [-0.05, 0) is 61.2 Å². The molecule has 25 heavy (non-hydrogen) atoms. The first kappa shape index (κ1) is 19.3. The van der Waals surface area contributed by atoms with E-state index in [0.29, 0.717) is 11.3 Å². The van der Waals surface area contributed by atoms with Crippen molar-refractivity contribution >= 4 is 10.0 Å². The maximum Gasteiger partial charge on any atom is 0.240 e. The molecular weight excluding hydrogens is 338 g/mol. The molecule has 1 N–H and O–H groups in total. The Morgan fingerprint density at radius 3 is 2.52 bits per heavy atom. The zero-order valence-electron chi connectivity index (χ0n) is 15.1. The molecule has 0 fully saturated rings. The largest absolute Gasteiger partial charge is 0.496 e. The van der Waals surface area contributed by atoms with Gasteiger partial charge in [0, 0.05) is 6.54 Å². The summed E-state index contributed by atoms with van der Waals surface area (Å²) < 4.78 is 38.5. The van der Waals surface area contributed by atoms with Gasteiger partial charge in [0.25, 0.3) is 0 Å². The van der Waals surface area contributed by atoms with Gasteiger partial charge in [0.05, 0.1) is 12.0 Å². The molecule has 0 amide bonds. The molecule has 2 rings (SSSR count). The van der Waals surface area contributed by atoms with Crippen LogP contribution in [-0.4, -0.2) is 28.7 Å². The first-order valence-corrected chi connectivity index (χ1v) is 9.72. The molecule has 0 bridgehead atoms. The van der Waals surface area contributed by atoms with Gasteiger partial charge in [0.2, 0.25) is 10.0 Å². The Balaban J connectivity index is 1.99. The van der Waals surface area contributed by atoms with Gasteiger partial charge in [-0.1, -0.05) is 19.1 Å². The summed E-state index contributed by atoms with van der Waals surface area (Å²) in [7, 11) is -2.02. The average molecular weight is 363 g/mol. The van der Waals surface area contributed by atoms with E-state index in [-0.39, 0.29) is 18.0 Å². The highest BCUT2D eigenvalue weighted by molar-refractivity contribution is 7.89. The molecule has 0 saturated heterocycles. The van der Waals surface area contributed by atoms with Crippen molar-refractivity contribution in [2.24, 2.45) is 0 Å². The van der Waals surface area contributed by atoms with Gasteiger partial charge in [-0.25, -0.2) is 13.1 Å². The summed E-state index contributed by atoms with van der Waals surface area (Å²) >= 11 is 0. The molecule has 136 valence electrons. The van der Waals surface area contributed by atoms with Gasteiger partial charge in [-0.2, -0.15) is 0 Å². The highest BCUT2D eigenvalue weighted by Gasteiger charge is 2.18. The molecule has 2 aromatic rings. The van der Waals surface area contributed by atoms with Crippen LogP contribution in [0.2, 0.25) is 0 Å². The lowest BCUT2D eigenvalue weighted by atomic mass is 10.1. The number of rotatable bonds is 8. The number of benzene rings is 2. The summed E-state index contributed by atoms with van der Waals surface area (Å²) in [5, 5.41) is 0. The number of hydrogen-bond acceptors (Lipinski definition) is 4. The summed E-state index contributed by atoms with van der Waals surface area (Å²) in [6, 6.07) is 11.2. The summed E-state index contributed by atoms with van der Waals surface area (Å²) in [5.74, 6) is 1.42. The smallest absolute Gasteiger partial charge is 0.240 e. The van der Waals surface area contributed by atoms with Crippen molar-refractivity contribution in [3.63, 3.8) is 0 Å². The number of sulfonamides is 1. The Bertz CT molecular complexity index is 831. The summed E-state index contributed by atoms with van der Waals surface area (Å²) in [6.07, 6.45) is 0.930. The Labute approximate surface area is 150 Å². The molecule has 0 unspecified atom stereocenters. The number of nitrogens with one attached hydrogen (secondary N) is 1. The SMILES string of the molecule is CCc1cccc(OCCNS(=O)(=O)c2cc(C)c(OC)cc2C)c1. The van der Waals surface area contributed by atoms with Crippen LogP contribution >= 0.6 is 0 Å². The van der Waals surface area contributed by atoms with Crippen LogP contribution in [0.1, 0.15) is 23.6 Å². The van der Waals surface area contributed by atoms with Crippen molar-refractivity contribution < 1.29 is 17.9 Å². The molecule has 0 aliphatic heterocycles. The highest BCUT2D eigenvalue weighted by atomic mass is 32.2. The fourth-order valence-electron chi connectivity index (χ4n) is 2.55. The molecule has 0 aromatic heterocycles. The van der Waals surface area contributed by atoms with Crippen molar-refractivity contribution in [2.75, 3.05) is 20.3 Å². The predicted octanol–water partition coefficient (Wildman–Crippen LogP) is 3.23. The van der Waals surface area contributed by atoms with Crippen molar-refractivity contribution in [1.29, 1.82) is 0 Å². The van der Waals surface area contributed by atoms with Gasteiger partial charge in [-0.3, -0.25) is 0 Å². The predicted molar refractivity (Wildman–Crippen MR) is 99.0 cm³/mol. The van der Waals surface area contributed by atoms with E-state index in [1.807, 2.05) is 31.2 Å². The van der Waals surface area contributed by atoms with Crippen LogP contribution < -0.4 is 14.2 Å². The van der Waals surface area contributed by atoms with E-state index in [9.17, 15) is 8.42 Å². The molecule has 0 saturated carbocycles. The topological polar surface area (TPSA) is 64.6 Å². The molecule has 2 aromatic carbocycles. The first-order chi connectivity index (χ1) is 11.9. The lowest BCUT2D eigenvalue weighted by Gasteiger charge is -2.13. The van der Waals surface area contributed by atoms with Crippen molar-refractivity contribution in [3.8, 4) is 11.5 Å². The number of ether oxygens (including phenoxy) is 2. The minimum absolute atomic E-state index is 0.198. The summed E-state index contributed by atoms with van der Waals surface area (Å²) in [4.78, 5) is 0.263. The third-order valence-electron chi connectivity index (χ3n) is 3.95. The monoisotopic (exact) mass is 363 g/mol. The number of methoxy groups -OCH3 is 1. The van der Waals surface area contributed by atoms with E-state index in [2.05, 4.69) is 11.6 Å². The van der Waals surface area contributed by atoms with E-state index >= 15 is 0 Å². The standard InChI is InChI=1S/C19H25NO4S/c1-5-16-7-6-8-17(13-16)24-10-9-20-25(21,22)19-12-14(2)18(23-4)11-15(19)3/h6-8,11-13,20H,5,9-10H2,1-4H3. The quantitative estimate of drug-likeness (QED) is 0.732. The van der Waals surface area contributed by atoms with E-state index in [1.54, 1.807) is 26.2 Å². The van der Waals surface area contributed by atoms with Gasteiger partial charge < -0.3 is 9.47 Å². The fraction of sp³-hybridized carbons (Fsp3) is 0.368. The maximum atomic E-state index is 12.5. The molecule has 5 nitrogen and oxygen atoms in total. The molecule has 0 aliphatic rings. The van der Waals surface area contributed by atoms with E-state index in [1.165, 1.54) is 5.56 Å². The van der Waals surface area contributed by atoms with Gasteiger partial charge >= 0.3 is 0 Å². The van der Waals surface area contributed by atoms with Crippen molar-refractivity contribution in [1.82, 2.24) is 4.72 Å². The Hall–Kier alpha value is -2.05. The molecule has 0 spiro atoms. The zero-order valence-corrected chi connectivity index (χ0v) is 15.9. The van der Waals surface area contributed by atoms with E-state index < -0.39 is 10.0 Å². The minimum Gasteiger partial charge on any atom is -0.496 e. The van der Waals surface area contributed by atoms with Crippen LogP contribution in [0.25, 0.3) is 0 Å². The Morgan fingerprint density at radius 1 is 1.08 bits per heavy atom. The fourth-order valence-corrected chi connectivity index (χ4v) is 3.87. The van der Waals surface area contributed by atoms with Crippen LogP contribution in [0.4, 0.5) is 0 Å². The second-order valence-corrected chi connectivity index (χ2v) is 7.57. The molecule has 0 atom stereocenters. The lowest BCUT2D eigenvalue weighted by Crippen LogP contribution is -2.29. The summed E-state index contributed by atoms with van der Waals surface area (Å²) in [5.41, 5.74) is 2.61. The van der Waals surface area contributed by atoms with Crippen LogP contribution in [-0.2, 0) is 16.4 Å². The average Bonchev–Trinajstić information content (AvgIpc) is 2.60. The Morgan fingerprint density at radius 2 is 1.84 bits per heavy atom. The molecule has 6 heteroatoms. The third-order valence-corrected chi connectivity index (χ3v) is 5.55. The second-order valence-electron chi connectivity index (χ2n) is 5.83. The van der Waals surface area contributed by atoms with Crippen LogP contribution in [0.5, 0.6) is 11.5 Å². The second kappa shape index (κ2) is 8.36. The van der Waals surface area contributed by atoms with Crippen LogP contribution in [0, 0.1) is 13.8 Å². The zero-order chi connectivity index (χ0) is 18.4. The van der Waals surface area contributed by atoms with Gasteiger partial charge in [0.15, 0.2) is 0 Å². The van der Waals surface area contributed by atoms with Crippen molar-refractivity contribution in [3.05, 3.63) is 53.1 Å². The van der Waals surface area contributed by atoms with Crippen molar-refractivity contribution in [2.45, 2.75) is 32.1 Å². The highest BCUT2D eigenvalue weighted by Crippen LogP contribution is 2.25. The van der Waals surface area contributed by atoms with Crippen LogP contribution in [0.15, 0.2) is 41.3 Å². The number of aryl methyl sites for hydroxylation is 3. The number of hydrogen-bond donors (Lipinski definition) is 1.